The number of nitrogens with one attached hydrogen (secondary N) is 1. The Kier molecular flexibility index (Phi) is 55.2. The van der Waals surface area contributed by atoms with Crippen LogP contribution in [0.25, 0.3) is 0 Å². The van der Waals surface area contributed by atoms with E-state index in [0.29, 0.717) is 19.4 Å². The molecule has 1 heterocycles. The van der Waals surface area contributed by atoms with Crippen LogP contribution in [0.1, 0.15) is 316 Å². The first-order valence-corrected chi connectivity index (χ1v) is 33.9. The summed E-state index contributed by atoms with van der Waals surface area (Å²) in [5.74, 6) is -0.188. The van der Waals surface area contributed by atoms with E-state index in [1.54, 1.807) is 6.08 Å². The Morgan fingerprint density at radius 2 is 0.850 bits per heavy atom. The van der Waals surface area contributed by atoms with E-state index < -0.39 is 49.5 Å². The summed E-state index contributed by atoms with van der Waals surface area (Å²) in [4.78, 5) is 25.0. The number of aliphatic hydroxyl groups excluding tert-OH is 5. The zero-order chi connectivity index (χ0) is 58.0. The Morgan fingerprint density at radius 1 is 0.463 bits per heavy atom. The number of ether oxygens (including phenoxy) is 3. The van der Waals surface area contributed by atoms with Gasteiger partial charge in [-0.25, -0.2) is 0 Å². The summed E-state index contributed by atoms with van der Waals surface area (Å²) in [6.07, 6.45) is 65.4. The lowest BCUT2D eigenvalue weighted by Gasteiger charge is -2.40. The topological polar surface area (TPSA) is 175 Å². The van der Waals surface area contributed by atoms with Crippen molar-refractivity contribution in [3.63, 3.8) is 0 Å². The van der Waals surface area contributed by atoms with Crippen molar-refractivity contribution < 1.29 is 49.3 Å². The average Bonchev–Trinajstić information content (AvgIpc) is 3.47. The van der Waals surface area contributed by atoms with Gasteiger partial charge >= 0.3 is 5.97 Å². The van der Waals surface area contributed by atoms with E-state index in [2.05, 4.69) is 55.6 Å². The summed E-state index contributed by atoms with van der Waals surface area (Å²) < 4.78 is 16.7. The molecule has 1 aliphatic rings. The molecule has 0 aromatic heterocycles. The maximum atomic E-state index is 13.0. The third-order valence-corrected chi connectivity index (χ3v) is 15.9. The first-order chi connectivity index (χ1) is 39.2. The van der Waals surface area contributed by atoms with Crippen molar-refractivity contribution >= 4 is 11.9 Å². The molecular weight excluding hydrogens is 1000 g/mol. The lowest BCUT2D eigenvalue weighted by atomic mass is 9.99. The molecule has 11 heteroatoms. The molecule has 80 heavy (non-hydrogen) atoms. The molecule has 0 aromatic carbocycles. The van der Waals surface area contributed by atoms with Crippen molar-refractivity contribution in [2.45, 2.75) is 358 Å². The van der Waals surface area contributed by atoms with Crippen LogP contribution in [0.3, 0.4) is 0 Å². The van der Waals surface area contributed by atoms with Gasteiger partial charge < -0.3 is 45.1 Å². The highest BCUT2D eigenvalue weighted by molar-refractivity contribution is 5.76. The number of rotatable bonds is 59. The van der Waals surface area contributed by atoms with E-state index in [-0.39, 0.29) is 18.5 Å². The van der Waals surface area contributed by atoms with E-state index in [1.807, 2.05) is 6.08 Å². The van der Waals surface area contributed by atoms with Gasteiger partial charge in [0.25, 0.3) is 0 Å². The summed E-state index contributed by atoms with van der Waals surface area (Å²) >= 11 is 0. The monoisotopic (exact) mass is 1130 g/mol. The van der Waals surface area contributed by atoms with Crippen molar-refractivity contribution in [1.29, 1.82) is 0 Å². The number of carbonyl (C=O) groups excluding carboxylic acids is 2. The van der Waals surface area contributed by atoms with E-state index in [9.17, 15) is 35.1 Å². The minimum absolute atomic E-state index is 0.00451. The lowest BCUT2D eigenvalue weighted by molar-refractivity contribution is -0.302. The van der Waals surface area contributed by atoms with Gasteiger partial charge in [-0.1, -0.05) is 274 Å². The van der Waals surface area contributed by atoms with Crippen molar-refractivity contribution in [3.8, 4) is 0 Å². The van der Waals surface area contributed by atoms with Crippen molar-refractivity contribution in [2.75, 3.05) is 19.8 Å². The molecule has 0 spiro atoms. The largest absolute Gasteiger partial charge is 0.466 e. The number of esters is 1. The minimum atomic E-state index is -1.58. The first-order valence-electron chi connectivity index (χ1n) is 33.9. The highest BCUT2D eigenvalue weighted by atomic mass is 16.7. The molecule has 6 N–H and O–H groups in total. The second-order valence-electron chi connectivity index (χ2n) is 23.5. The number of amides is 1. The third kappa shape index (κ3) is 47.0. The van der Waals surface area contributed by atoms with Crippen LogP contribution in [0.4, 0.5) is 0 Å². The molecular formula is C69H127NO10. The Labute approximate surface area is 491 Å². The van der Waals surface area contributed by atoms with Crippen LogP contribution in [0.15, 0.2) is 48.6 Å². The molecule has 0 radical (unpaired) electrons. The number of carbonyl (C=O) groups is 2. The summed E-state index contributed by atoms with van der Waals surface area (Å²) in [6.45, 7) is 4.30. The van der Waals surface area contributed by atoms with Crippen LogP contribution in [0.5, 0.6) is 0 Å². The van der Waals surface area contributed by atoms with Gasteiger partial charge in [-0.15, -0.1) is 0 Å². The molecule has 0 bridgehead atoms. The van der Waals surface area contributed by atoms with Gasteiger partial charge in [-0.05, 0) is 77.0 Å². The Hall–Kier alpha value is -2.38. The Balaban J connectivity index is 1.96. The van der Waals surface area contributed by atoms with E-state index in [1.165, 1.54) is 225 Å². The third-order valence-electron chi connectivity index (χ3n) is 15.9. The average molecular weight is 1130 g/mol. The number of aliphatic hydroxyl groups is 5. The van der Waals surface area contributed by atoms with Gasteiger partial charge in [-0.2, -0.15) is 0 Å². The van der Waals surface area contributed by atoms with Crippen molar-refractivity contribution in [1.82, 2.24) is 5.32 Å². The number of unbranched alkanes of at least 4 members (excludes halogenated alkanes) is 39. The molecule has 7 atom stereocenters. The normalized spacial score (nSPS) is 18.6. The predicted octanol–water partition coefficient (Wildman–Crippen LogP) is 16.8. The van der Waals surface area contributed by atoms with Crippen LogP contribution in [-0.4, -0.2) is 100 Å². The van der Waals surface area contributed by atoms with Gasteiger partial charge in [0.05, 0.1) is 32.0 Å². The number of hydrogen-bond donors (Lipinski definition) is 6. The molecule has 1 amide bonds. The van der Waals surface area contributed by atoms with Gasteiger partial charge in [0.15, 0.2) is 6.29 Å². The van der Waals surface area contributed by atoms with Crippen LogP contribution in [0, 0.1) is 0 Å². The zero-order valence-electron chi connectivity index (χ0n) is 51.8. The molecule has 0 aliphatic carbocycles. The number of allylic oxidation sites excluding steroid dienone is 7. The first kappa shape index (κ1) is 75.6. The maximum Gasteiger partial charge on any atom is 0.305 e. The molecule has 468 valence electrons. The van der Waals surface area contributed by atoms with Crippen LogP contribution >= 0.6 is 0 Å². The molecule has 0 saturated carbocycles. The highest BCUT2D eigenvalue weighted by Crippen LogP contribution is 2.23. The standard InChI is InChI=1S/C69H127NO10/c1-3-5-7-9-11-13-36-41-45-49-53-57-65(74)78-58-54-50-46-42-38-35-33-31-29-27-25-23-21-19-17-15-16-18-20-22-24-26-28-30-32-34-37-40-44-48-52-56-64(73)70-61(60-79-69-68(77)67(76)66(75)63(59-71)80-69)62(72)55-51-47-43-39-14-12-10-8-6-4-2/h14,17,19,23,25,39,51,55,61-63,66-69,71-72,75-77H,3-13,15-16,18,20-22,24,26-38,40-50,52-54,56-60H2,1-2H3,(H,70,73)/b19-17-,25-23-,39-14+,55-51+. The Bertz CT molecular complexity index is 1470. The molecule has 11 nitrogen and oxygen atoms in total. The SMILES string of the molecule is CCCCCC/C=C/CC/C=C/C(O)C(COC1OC(CO)C(O)C(O)C1O)NC(=O)CCCCCCCCCCCCCCCCC/C=C\C/C=C\CCCCCCCCCCCOC(=O)CCCCCCCCCCCCC. The fourth-order valence-electron chi connectivity index (χ4n) is 10.5. The summed E-state index contributed by atoms with van der Waals surface area (Å²) in [7, 11) is 0. The second-order valence-corrected chi connectivity index (χ2v) is 23.5. The van der Waals surface area contributed by atoms with Crippen LogP contribution in [-0.2, 0) is 23.8 Å². The Morgan fingerprint density at radius 3 is 1.32 bits per heavy atom. The van der Waals surface area contributed by atoms with Crippen LogP contribution in [0.2, 0.25) is 0 Å². The predicted molar refractivity (Wildman–Crippen MR) is 334 cm³/mol. The molecule has 0 aromatic rings. The van der Waals surface area contributed by atoms with E-state index in [0.717, 1.165) is 64.2 Å². The van der Waals surface area contributed by atoms with Crippen LogP contribution < -0.4 is 5.32 Å². The van der Waals surface area contributed by atoms with Gasteiger partial charge in [-0.3, -0.25) is 9.59 Å². The van der Waals surface area contributed by atoms with Gasteiger partial charge in [0.2, 0.25) is 5.91 Å². The summed E-state index contributed by atoms with van der Waals surface area (Å²) in [6, 6.07) is -0.826. The second kappa shape index (κ2) is 58.4. The minimum Gasteiger partial charge on any atom is -0.466 e. The quantitative estimate of drug-likeness (QED) is 0.0195. The highest BCUT2D eigenvalue weighted by Gasteiger charge is 2.44. The van der Waals surface area contributed by atoms with Crippen molar-refractivity contribution in [3.05, 3.63) is 48.6 Å². The zero-order valence-corrected chi connectivity index (χ0v) is 51.8. The number of hydrogen-bond acceptors (Lipinski definition) is 10. The summed E-state index contributed by atoms with van der Waals surface area (Å²) in [5.41, 5.74) is 0. The maximum absolute atomic E-state index is 13.0. The molecule has 1 aliphatic heterocycles. The molecule has 1 saturated heterocycles. The van der Waals surface area contributed by atoms with Gasteiger partial charge in [0.1, 0.15) is 24.4 Å². The molecule has 7 unspecified atom stereocenters. The fourth-order valence-corrected chi connectivity index (χ4v) is 10.5. The smallest absolute Gasteiger partial charge is 0.305 e. The molecule has 1 rings (SSSR count). The lowest BCUT2D eigenvalue weighted by Crippen LogP contribution is -2.60. The molecule has 1 fully saturated rings. The van der Waals surface area contributed by atoms with E-state index in [4.69, 9.17) is 14.2 Å². The van der Waals surface area contributed by atoms with Crippen molar-refractivity contribution in [2.24, 2.45) is 0 Å². The fraction of sp³-hybridized carbons (Fsp3) is 0.855. The van der Waals surface area contributed by atoms with E-state index >= 15 is 0 Å². The van der Waals surface area contributed by atoms with Gasteiger partial charge in [0, 0.05) is 12.8 Å². The summed E-state index contributed by atoms with van der Waals surface area (Å²) in [5, 5.41) is 54.3.